The van der Waals surface area contributed by atoms with E-state index >= 15 is 0 Å². The van der Waals surface area contributed by atoms with Crippen molar-refractivity contribution in [3.05, 3.63) is 91.8 Å². The van der Waals surface area contributed by atoms with E-state index in [-0.39, 0.29) is 25.5 Å². The molecule has 1 amide bonds. The topological polar surface area (TPSA) is 118 Å². The molecule has 1 aliphatic heterocycles. The second kappa shape index (κ2) is 11.1. The molecule has 3 heterocycles. The summed E-state index contributed by atoms with van der Waals surface area (Å²) in [5.74, 6) is 6.85. The van der Waals surface area contributed by atoms with Crippen LogP contribution in [0.2, 0.25) is 5.02 Å². The molecule has 0 fully saturated rings. The summed E-state index contributed by atoms with van der Waals surface area (Å²) in [6, 6.07) is 12.2. The van der Waals surface area contributed by atoms with Crippen LogP contribution in [0.4, 0.5) is 5.69 Å². The van der Waals surface area contributed by atoms with Gasteiger partial charge in [-0.3, -0.25) is 14.4 Å². The molecule has 8 nitrogen and oxygen atoms in total. The van der Waals surface area contributed by atoms with E-state index in [2.05, 4.69) is 41.2 Å². The first-order valence-corrected chi connectivity index (χ1v) is 13.6. The number of carbonyl (C=O) groups excluding carboxylic acids is 1. The van der Waals surface area contributed by atoms with E-state index in [9.17, 15) is 9.90 Å². The summed E-state index contributed by atoms with van der Waals surface area (Å²) in [4.78, 5) is 19.7. The molecule has 0 saturated heterocycles. The number of halogens is 1. The fraction of sp³-hybridized carbons (Fsp3) is 0.241. The number of hydrogen-bond acceptors (Lipinski definition) is 7. The van der Waals surface area contributed by atoms with Gasteiger partial charge in [-0.05, 0) is 56.2 Å². The van der Waals surface area contributed by atoms with Crippen molar-refractivity contribution in [2.45, 2.75) is 39.8 Å². The van der Waals surface area contributed by atoms with Crippen molar-refractivity contribution in [1.82, 2.24) is 14.8 Å². The number of fused-ring (bicyclic) bond motifs is 3. The quantitative estimate of drug-likeness (QED) is 0.309. The van der Waals surface area contributed by atoms with Crippen LogP contribution in [-0.4, -0.2) is 38.0 Å². The molecule has 2 aromatic carbocycles. The normalized spacial score (nSPS) is 14.0. The minimum atomic E-state index is -0.579. The van der Waals surface area contributed by atoms with Gasteiger partial charge in [0.1, 0.15) is 16.9 Å². The van der Waals surface area contributed by atoms with E-state index in [1.54, 1.807) is 29.5 Å². The van der Waals surface area contributed by atoms with Crippen molar-refractivity contribution in [3.8, 4) is 16.8 Å². The molecule has 4 N–H and O–H groups in total. The van der Waals surface area contributed by atoms with Gasteiger partial charge in [0.2, 0.25) is 5.91 Å². The number of aromatic nitrogens is 3. The SMILES string of the molecule is Cc1sc2c(c1C)C(c1ccc(Cl)cc1)=NC(CC(=O)Nc1ccc(CO)c(C#CCN)c1)c1nnc(C)n1-2. The number of benzene rings is 2. The third-order valence-corrected chi connectivity index (χ3v) is 8.07. The Hall–Kier alpha value is -3.81. The predicted molar refractivity (Wildman–Crippen MR) is 155 cm³/mol. The van der Waals surface area contributed by atoms with Gasteiger partial charge in [0.15, 0.2) is 5.82 Å². The van der Waals surface area contributed by atoms with Gasteiger partial charge in [0, 0.05) is 32.3 Å². The van der Waals surface area contributed by atoms with Crippen molar-refractivity contribution in [2.75, 3.05) is 11.9 Å². The number of aliphatic hydroxyl groups is 1. The van der Waals surface area contributed by atoms with Crippen LogP contribution >= 0.6 is 22.9 Å². The summed E-state index contributed by atoms with van der Waals surface area (Å²) in [6.45, 7) is 6.12. The number of rotatable bonds is 5. The highest BCUT2D eigenvalue weighted by atomic mass is 35.5. The summed E-state index contributed by atoms with van der Waals surface area (Å²) in [5, 5.41) is 23.0. The Morgan fingerprint density at radius 2 is 1.95 bits per heavy atom. The zero-order chi connectivity index (χ0) is 27.7. The third-order valence-electron chi connectivity index (χ3n) is 6.62. The molecule has 10 heteroatoms. The molecule has 0 spiro atoms. The lowest BCUT2D eigenvalue weighted by Crippen LogP contribution is -2.17. The fourth-order valence-corrected chi connectivity index (χ4v) is 5.91. The number of aliphatic hydroxyl groups excluding tert-OH is 1. The first kappa shape index (κ1) is 26.8. The number of anilines is 1. The minimum Gasteiger partial charge on any atom is -0.392 e. The smallest absolute Gasteiger partial charge is 0.227 e. The van der Waals surface area contributed by atoms with Crippen molar-refractivity contribution in [2.24, 2.45) is 10.7 Å². The molecule has 2 aromatic heterocycles. The average Bonchev–Trinajstić information content (AvgIpc) is 3.40. The summed E-state index contributed by atoms with van der Waals surface area (Å²) in [5.41, 5.74) is 11.2. The number of thiophene rings is 1. The number of aryl methyl sites for hydroxylation is 2. The fourth-order valence-electron chi connectivity index (χ4n) is 4.57. The van der Waals surface area contributed by atoms with Gasteiger partial charge < -0.3 is 16.2 Å². The van der Waals surface area contributed by atoms with Crippen LogP contribution in [0.3, 0.4) is 0 Å². The summed E-state index contributed by atoms with van der Waals surface area (Å²) >= 11 is 7.85. The van der Waals surface area contributed by atoms with E-state index < -0.39 is 6.04 Å². The molecule has 39 heavy (non-hydrogen) atoms. The van der Waals surface area contributed by atoms with Crippen LogP contribution < -0.4 is 11.1 Å². The van der Waals surface area contributed by atoms with Crippen LogP contribution in [0.15, 0.2) is 47.5 Å². The van der Waals surface area contributed by atoms with Gasteiger partial charge in [-0.2, -0.15) is 0 Å². The van der Waals surface area contributed by atoms with Gasteiger partial charge in [-0.15, -0.1) is 21.5 Å². The Bertz CT molecular complexity index is 1660. The number of carbonyl (C=O) groups is 1. The molecule has 1 aliphatic rings. The molecular weight excluding hydrogens is 532 g/mol. The van der Waals surface area contributed by atoms with Crippen LogP contribution in [-0.2, 0) is 11.4 Å². The Morgan fingerprint density at radius 1 is 1.18 bits per heavy atom. The average molecular weight is 559 g/mol. The van der Waals surface area contributed by atoms with Crippen molar-refractivity contribution in [1.29, 1.82) is 0 Å². The lowest BCUT2D eigenvalue weighted by Gasteiger charge is -2.14. The van der Waals surface area contributed by atoms with Crippen molar-refractivity contribution in [3.63, 3.8) is 0 Å². The summed E-state index contributed by atoms with van der Waals surface area (Å²) in [6.07, 6.45) is 0.0494. The summed E-state index contributed by atoms with van der Waals surface area (Å²) < 4.78 is 2.01. The number of nitrogens with zero attached hydrogens (tertiary/aromatic N) is 4. The molecular formula is C29H27ClN6O2S. The van der Waals surface area contributed by atoms with Crippen LogP contribution in [0.5, 0.6) is 0 Å². The van der Waals surface area contributed by atoms with E-state index in [0.717, 1.165) is 33.2 Å². The maximum atomic E-state index is 13.4. The van der Waals surface area contributed by atoms with E-state index in [0.29, 0.717) is 27.7 Å². The lowest BCUT2D eigenvalue weighted by atomic mass is 9.99. The number of nitrogens with two attached hydrogens (primary N) is 1. The monoisotopic (exact) mass is 558 g/mol. The molecule has 198 valence electrons. The Kier molecular flexibility index (Phi) is 7.64. The predicted octanol–water partition coefficient (Wildman–Crippen LogP) is 4.63. The Labute approximate surface area is 235 Å². The van der Waals surface area contributed by atoms with Gasteiger partial charge in [-0.25, -0.2) is 0 Å². The largest absolute Gasteiger partial charge is 0.392 e. The Balaban J connectivity index is 1.55. The zero-order valence-electron chi connectivity index (χ0n) is 21.7. The molecule has 4 aromatic rings. The molecule has 5 rings (SSSR count). The highest BCUT2D eigenvalue weighted by Gasteiger charge is 2.32. The number of nitrogens with one attached hydrogen (secondary N) is 1. The molecule has 0 saturated carbocycles. The molecule has 0 radical (unpaired) electrons. The van der Waals surface area contributed by atoms with E-state index in [1.807, 2.05) is 35.8 Å². The van der Waals surface area contributed by atoms with Gasteiger partial charge in [0.05, 0.1) is 25.3 Å². The minimum absolute atomic E-state index is 0.0494. The standard InChI is InChI=1S/C29H27ClN6O2S/c1-16-17(2)39-29-26(16)27(19-6-9-22(30)10-7-19)33-24(28-35-34-18(3)36(28)29)14-25(38)32-23-11-8-21(15-37)20(13-23)5-4-12-31/h6-11,13,24,37H,12,14-15,31H2,1-3H3,(H,32,38). The highest BCUT2D eigenvalue weighted by Crippen LogP contribution is 2.39. The maximum Gasteiger partial charge on any atom is 0.227 e. The number of aliphatic imine (C=N–C) groups is 1. The lowest BCUT2D eigenvalue weighted by molar-refractivity contribution is -0.116. The Morgan fingerprint density at radius 3 is 2.67 bits per heavy atom. The first-order chi connectivity index (χ1) is 18.8. The van der Waals surface area contributed by atoms with E-state index in [1.165, 1.54) is 4.88 Å². The van der Waals surface area contributed by atoms with Crippen LogP contribution in [0.25, 0.3) is 5.00 Å². The summed E-state index contributed by atoms with van der Waals surface area (Å²) in [7, 11) is 0. The van der Waals surface area contributed by atoms with Crippen molar-refractivity contribution >= 4 is 40.2 Å². The van der Waals surface area contributed by atoms with Crippen molar-refractivity contribution < 1.29 is 9.90 Å². The van der Waals surface area contributed by atoms with Gasteiger partial charge in [-0.1, -0.05) is 41.6 Å². The highest BCUT2D eigenvalue weighted by molar-refractivity contribution is 7.15. The molecule has 1 unspecified atom stereocenters. The maximum absolute atomic E-state index is 13.4. The van der Waals surface area contributed by atoms with E-state index in [4.69, 9.17) is 22.3 Å². The number of amides is 1. The third kappa shape index (κ3) is 5.24. The zero-order valence-corrected chi connectivity index (χ0v) is 23.3. The number of hydrogen-bond donors (Lipinski definition) is 3. The molecule has 0 aliphatic carbocycles. The van der Waals surface area contributed by atoms with Gasteiger partial charge in [0.25, 0.3) is 0 Å². The second-order valence-electron chi connectivity index (χ2n) is 9.19. The molecule has 0 bridgehead atoms. The molecule has 1 atom stereocenters. The van der Waals surface area contributed by atoms with Crippen LogP contribution in [0, 0.1) is 32.6 Å². The first-order valence-electron chi connectivity index (χ1n) is 12.4. The van der Waals surface area contributed by atoms with Crippen LogP contribution in [0.1, 0.15) is 56.8 Å². The van der Waals surface area contributed by atoms with Gasteiger partial charge >= 0.3 is 0 Å². The second-order valence-corrected chi connectivity index (χ2v) is 10.8.